The smallest absolute Gasteiger partial charge is 0.270 e. The number of benzene rings is 2. The number of nitro groups is 1. The van der Waals surface area contributed by atoms with Crippen LogP contribution in [0.25, 0.3) is 5.69 Å². The van der Waals surface area contributed by atoms with E-state index in [4.69, 9.17) is 0 Å². The van der Waals surface area contributed by atoms with Crippen molar-refractivity contribution in [3.63, 3.8) is 0 Å². The van der Waals surface area contributed by atoms with Gasteiger partial charge in [0.25, 0.3) is 11.6 Å². The number of hydrazine groups is 1. The van der Waals surface area contributed by atoms with Gasteiger partial charge in [-0.2, -0.15) is 5.10 Å². The molecular formula is C20H18FN5O4. The van der Waals surface area contributed by atoms with Gasteiger partial charge >= 0.3 is 0 Å². The lowest BCUT2D eigenvalue weighted by atomic mass is 10.1. The van der Waals surface area contributed by atoms with E-state index >= 15 is 0 Å². The second kappa shape index (κ2) is 8.52. The van der Waals surface area contributed by atoms with Crippen molar-refractivity contribution in [2.24, 2.45) is 0 Å². The Hall–Kier alpha value is -4.08. The Bertz CT molecular complexity index is 1140. The van der Waals surface area contributed by atoms with E-state index < -0.39 is 22.6 Å². The van der Waals surface area contributed by atoms with Gasteiger partial charge in [-0.15, -0.1) is 0 Å². The third-order valence-electron chi connectivity index (χ3n) is 4.49. The van der Waals surface area contributed by atoms with E-state index in [9.17, 15) is 24.1 Å². The van der Waals surface area contributed by atoms with Gasteiger partial charge in [-0.1, -0.05) is 18.2 Å². The van der Waals surface area contributed by atoms with E-state index in [0.717, 1.165) is 6.07 Å². The van der Waals surface area contributed by atoms with Crippen molar-refractivity contribution in [3.05, 3.63) is 87.0 Å². The molecule has 0 spiro atoms. The molecule has 2 aromatic carbocycles. The lowest BCUT2D eigenvalue weighted by Crippen LogP contribution is -2.42. The van der Waals surface area contributed by atoms with Crippen LogP contribution in [0.5, 0.6) is 0 Å². The number of hydrogen-bond acceptors (Lipinski definition) is 5. The van der Waals surface area contributed by atoms with Crippen molar-refractivity contribution in [3.8, 4) is 5.69 Å². The molecule has 0 bridgehead atoms. The van der Waals surface area contributed by atoms with Crippen molar-refractivity contribution in [2.75, 3.05) is 0 Å². The minimum absolute atomic E-state index is 0.0317. The maximum atomic E-state index is 14.1. The van der Waals surface area contributed by atoms with Gasteiger partial charge in [-0.25, -0.2) is 9.07 Å². The fraction of sp³-hybridized carbons (Fsp3) is 0.150. The third kappa shape index (κ3) is 4.32. The molecule has 0 unspecified atom stereocenters. The molecule has 3 rings (SSSR count). The van der Waals surface area contributed by atoms with Crippen LogP contribution >= 0.6 is 0 Å². The molecular weight excluding hydrogens is 393 g/mol. The largest absolute Gasteiger partial charge is 0.273 e. The first-order valence-corrected chi connectivity index (χ1v) is 8.91. The van der Waals surface area contributed by atoms with E-state index in [2.05, 4.69) is 16.0 Å². The summed E-state index contributed by atoms with van der Waals surface area (Å²) in [6.45, 7) is 3.42. The first-order chi connectivity index (χ1) is 14.3. The molecule has 0 saturated carbocycles. The number of para-hydroxylation sites is 1. The molecule has 1 aromatic heterocycles. The number of nitro benzene ring substituents is 1. The second-order valence-corrected chi connectivity index (χ2v) is 6.50. The van der Waals surface area contributed by atoms with E-state index in [1.165, 1.54) is 28.9 Å². The summed E-state index contributed by atoms with van der Waals surface area (Å²) in [5, 5.41) is 15.1. The molecule has 30 heavy (non-hydrogen) atoms. The summed E-state index contributed by atoms with van der Waals surface area (Å²) in [6.07, 6.45) is -0.0959. The van der Waals surface area contributed by atoms with Crippen molar-refractivity contribution in [1.29, 1.82) is 0 Å². The number of non-ortho nitro benzene ring substituents is 1. The number of aromatic nitrogens is 2. The molecule has 0 radical (unpaired) electrons. The average Bonchev–Trinajstić information content (AvgIpc) is 3.00. The van der Waals surface area contributed by atoms with E-state index in [1.54, 1.807) is 32.0 Å². The molecule has 3 aromatic rings. The third-order valence-corrected chi connectivity index (χ3v) is 4.49. The second-order valence-electron chi connectivity index (χ2n) is 6.50. The van der Waals surface area contributed by atoms with Gasteiger partial charge in [0.15, 0.2) is 0 Å². The highest BCUT2D eigenvalue weighted by Crippen LogP contribution is 2.20. The molecule has 0 atom stereocenters. The van der Waals surface area contributed by atoms with Gasteiger partial charge in [-0.05, 0) is 32.0 Å². The molecule has 154 valence electrons. The van der Waals surface area contributed by atoms with Crippen molar-refractivity contribution >= 4 is 17.5 Å². The zero-order valence-corrected chi connectivity index (χ0v) is 16.2. The fourth-order valence-corrected chi connectivity index (χ4v) is 2.95. The standard InChI is InChI=1S/C20H18FN5O4/c1-12-16(13(2)25(24-12)18-9-4-3-8-17(18)21)11-19(27)22-23-20(28)14-6-5-7-15(10-14)26(29)30/h3-10H,11H2,1-2H3,(H,22,27)(H,23,28). The number of carbonyl (C=O) groups excluding carboxylic acids is 2. The Kier molecular flexibility index (Phi) is 5.86. The molecule has 2 N–H and O–H groups in total. The van der Waals surface area contributed by atoms with Gasteiger partial charge in [0.1, 0.15) is 11.5 Å². The van der Waals surface area contributed by atoms with Crippen LogP contribution in [0.15, 0.2) is 48.5 Å². The summed E-state index contributed by atoms with van der Waals surface area (Å²) in [7, 11) is 0. The minimum Gasteiger partial charge on any atom is -0.273 e. The number of hydrogen-bond donors (Lipinski definition) is 2. The highest BCUT2D eigenvalue weighted by molar-refractivity contribution is 5.96. The first-order valence-electron chi connectivity index (χ1n) is 8.91. The predicted octanol–water partition coefficient (Wildman–Crippen LogP) is 2.54. The summed E-state index contributed by atoms with van der Waals surface area (Å²) < 4.78 is 15.5. The van der Waals surface area contributed by atoms with Crippen molar-refractivity contribution in [1.82, 2.24) is 20.6 Å². The maximum absolute atomic E-state index is 14.1. The van der Waals surface area contributed by atoms with Gasteiger partial charge in [0.05, 0.1) is 17.0 Å². The zero-order chi connectivity index (χ0) is 21.8. The topological polar surface area (TPSA) is 119 Å². The van der Waals surface area contributed by atoms with Gasteiger partial charge < -0.3 is 0 Å². The summed E-state index contributed by atoms with van der Waals surface area (Å²) in [5.41, 5.74) is 6.30. The minimum atomic E-state index is -0.692. The highest BCUT2D eigenvalue weighted by atomic mass is 19.1. The lowest BCUT2D eigenvalue weighted by molar-refractivity contribution is -0.384. The number of nitrogens with zero attached hydrogens (tertiary/aromatic N) is 3. The van der Waals surface area contributed by atoms with Crippen molar-refractivity contribution in [2.45, 2.75) is 20.3 Å². The molecule has 1 heterocycles. The number of amides is 2. The van der Waals surface area contributed by atoms with Gasteiger partial charge in [0.2, 0.25) is 5.91 Å². The van der Waals surface area contributed by atoms with E-state index in [-0.39, 0.29) is 23.4 Å². The Labute approximate surface area is 170 Å². The molecule has 10 heteroatoms. The number of nitrogens with one attached hydrogen (secondary N) is 2. The fourth-order valence-electron chi connectivity index (χ4n) is 2.95. The van der Waals surface area contributed by atoms with Crippen LogP contribution in [0.2, 0.25) is 0 Å². The van der Waals surface area contributed by atoms with Crippen molar-refractivity contribution < 1.29 is 18.9 Å². The predicted molar refractivity (Wildman–Crippen MR) is 105 cm³/mol. The number of halogens is 1. The normalized spacial score (nSPS) is 10.5. The Balaban J connectivity index is 1.68. The average molecular weight is 411 g/mol. The molecule has 0 fully saturated rings. The number of carbonyl (C=O) groups is 2. The number of aryl methyl sites for hydroxylation is 1. The summed E-state index contributed by atoms with van der Waals surface area (Å²) in [4.78, 5) is 34.6. The van der Waals surface area contributed by atoms with Crippen LogP contribution in [0, 0.1) is 29.8 Å². The monoisotopic (exact) mass is 411 g/mol. The molecule has 9 nitrogen and oxygen atoms in total. The highest BCUT2D eigenvalue weighted by Gasteiger charge is 2.18. The van der Waals surface area contributed by atoms with Crippen LogP contribution < -0.4 is 10.9 Å². The number of rotatable bonds is 5. The van der Waals surface area contributed by atoms with Gasteiger partial charge in [0, 0.05) is 29.0 Å². The Morgan fingerprint density at radius 3 is 2.57 bits per heavy atom. The van der Waals surface area contributed by atoms with Crippen LogP contribution in [-0.2, 0) is 11.2 Å². The maximum Gasteiger partial charge on any atom is 0.270 e. The first kappa shape index (κ1) is 20.6. The quantitative estimate of drug-likeness (QED) is 0.494. The summed E-state index contributed by atoms with van der Waals surface area (Å²) >= 11 is 0. The van der Waals surface area contributed by atoms with Crippen LogP contribution in [0.3, 0.4) is 0 Å². The Morgan fingerprint density at radius 2 is 1.87 bits per heavy atom. The molecule has 2 amide bonds. The molecule has 0 aliphatic rings. The van der Waals surface area contributed by atoms with E-state index in [1.807, 2.05) is 0 Å². The molecule has 0 aliphatic carbocycles. The summed E-state index contributed by atoms with van der Waals surface area (Å²) in [6, 6.07) is 11.3. The molecule has 0 aliphatic heterocycles. The van der Waals surface area contributed by atoms with Crippen LogP contribution in [-0.4, -0.2) is 26.5 Å². The zero-order valence-electron chi connectivity index (χ0n) is 16.2. The Morgan fingerprint density at radius 1 is 1.13 bits per heavy atom. The molecule has 0 saturated heterocycles. The SMILES string of the molecule is Cc1nn(-c2ccccc2F)c(C)c1CC(=O)NNC(=O)c1cccc([N+](=O)[O-])c1. The van der Waals surface area contributed by atoms with E-state index in [0.29, 0.717) is 17.0 Å². The van der Waals surface area contributed by atoms with Crippen LogP contribution in [0.1, 0.15) is 27.3 Å². The van der Waals surface area contributed by atoms with Crippen LogP contribution in [0.4, 0.5) is 10.1 Å². The van der Waals surface area contributed by atoms with Gasteiger partial charge in [-0.3, -0.25) is 30.6 Å². The summed E-state index contributed by atoms with van der Waals surface area (Å²) in [5.74, 6) is -1.65. The lowest BCUT2D eigenvalue weighted by Gasteiger charge is -2.08.